The lowest BCUT2D eigenvalue weighted by molar-refractivity contribution is -0.117. The van der Waals surface area contributed by atoms with E-state index < -0.39 is 0 Å². The highest BCUT2D eigenvalue weighted by Gasteiger charge is 2.08. The summed E-state index contributed by atoms with van der Waals surface area (Å²) in [5.74, 6) is 5.63. The Morgan fingerprint density at radius 1 is 1.00 bits per heavy atom. The molecule has 0 aromatic heterocycles. The van der Waals surface area contributed by atoms with E-state index in [2.05, 4.69) is 0 Å². The number of benzene rings is 2. The number of hydrogen-bond acceptors (Lipinski definition) is 2. The van der Waals surface area contributed by atoms with E-state index in [0.717, 1.165) is 5.56 Å². The molecule has 0 unspecified atom stereocenters. The summed E-state index contributed by atoms with van der Waals surface area (Å²) in [7, 11) is 0. The topological polar surface area (TPSA) is 46.3 Å². The first-order valence-corrected chi connectivity index (χ1v) is 6.11. The summed E-state index contributed by atoms with van der Waals surface area (Å²) in [4.78, 5) is 11.9. The SMILES string of the molecule is NN(C(=O)C/C=C/c1ccccc1)c1ccccc1. The van der Waals surface area contributed by atoms with E-state index in [1.165, 1.54) is 5.01 Å². The summed E-state index contributed by atoms with van der Waals surface area (Å²) in [6.45, 7) is 0. The Morgan fingerprint density at radius 3 is 2.21 bits per heavy atom. The predicted molar refractivity (Wildman–Crippen MR) is 78.2 cm³/mol. The van der Waals surface area contributed by atoms with Gasteiger partial charge >= 0.3 is 0 Å². The minimum atomic E-state index is -0.140. The third-order valence-electron chi connectivity index (χ3n) is 2.71. The molecule has 0 spiro atoms. The lowest BCUT2D eigenvalue weighted by Crippen LogP contribution is -2.36. The number of nitrogens with two attached hydrogens (primary N) is 1. The van der Waals surface area contributed by atoms with Crippen molar-refractivity contribution in [1.29, 1.82) is 0 Å². The summed E-state index contributed by atoms with van der Waals surface area (Å²) in [6.07, 6.45) is 4.01. The normalized spacial score (nSPS) is 10.6. The second kappa shape index (κ2) is 6.52. The average molecular weight is 252 g/mol. The molecule has 2 aromatic rings. The lowest BCUT2D eigenvalue weighted by atomic mass is 10.2. The van der Waals surface area contributed by atoms with Crippen LogP contribution >= 0.6 is 0 Å². The molecule has 0 aliphatic heterocycles. The third-order valence-corrected chi connectivity index (χ3v) is 2.71. The minimum absolute atomic E-state index is 0.140. The third kappa shape index (κ3) is 3.79. The van der Waals surface area contributed by atoms with Crippen molar-refractivity contribution in [2.24, 2.45) is 5.84 Å². The van der Waals surface area contributed by atoms with Crippen LogP contribution < -0.4 is 10.9 Å². The maximum Gasteiger partial charge on any atom is 0.244 e. The fourth-order valence-electron chi connectivity index (χ4n) is 1.69. The van der Waals surface area contributed by atoms with Gasteiger partial charge in [0.15, 0.2) is 0 Å². The number of carbonyl (C=O) groups excluding carboxylic acids is 1. The van der Waals surface area contributed by atoms with Crippen LogP contribution in [0.2, 0.25) is 0 Å². The molecular formula is C16H16N2O. The molecule has 1 amide bonds. The zero-order valence-corrected chi connectivity index (χ0v) is 10.6. The molecular weight excluding hydrogens is 236 g/mol. The summed E-state index contributed by atoms with van der Waals surface area (Å²) in [5.41, 5.74) is 1.76. The van der Waals surface area contributed by atoms with Gasteiger partial charge in [0.2, 0.25) is 5.91 Å². The van der Waals surface area contributed by atoms with Crippen molar-refractivity contribution in [2.45, 2.75) is 6.42 Å². The highest BCUT2D eigenvalue weighted by atomic mass is 16.2. The van der Waals surface area contributed by atoms with Crippen LogP contribution in [0.25, 0.3) is 6.08 Å². The van der Waals surface area contributed by atoms with Gasteiger partial charge in [0.25, 0.3) is 0 Å². The zero-order chi connectivity index (χ0) is 13.5. The molecule has 2 N–H and O–H groups in total. The standard InChI is InChI=1S/C16H16N2O/c17-18(15-11-5-2-6-12-15)16(19)13-7-10-14-8-3-1-4-9-14/h1-12H,13,17H2/b10-7+. The van der Waals surface area contributed by atoms with Gasteiger partial charge in [-0.1, -0.05) is 60.7 Å². The molecule has 3 heteroatoms. The molecule has 2 rings (SSSR count). The maximum atomic E-state index is 11.9. The average Bonchev–Trinajstić information content (AvgIpc) is 2.48. The van der Waals surface area contributed by atoms with Crippen molar-refractivity contribution in [3.8, 4) is 0 Å². The Morgan fingerprint density at radius 2 is 1.58 bits per heavy atom. The van der Waals surface area contributed by atoms with E-state index in [0.29, 0.717) is 5.69 Å². The number of rotatable bonds is 4. The fraction of sp³-hybridized carbons (Fsp3) is 0.0625. The predicted octanol–water partition coefficient (Wildman–Crippen LogP) is 3.00. The first-order chi connectivity index (χ1) is 9.27. The van der Waals surface area contributed by atoms with Crippen LogP contribution in [-0.4, -0.2) is 5.91 Å². The van der Waals surface area contributed by atoms with Crippen LogP contribution in [0.5, 0.6) is 0 Å². The van der Waals surface area contributed by atoms with Gasteiger partial charge in [-0.25, -0.2) is 10.9 Å². The smallest absolute Gasteiger partial charge is 0.244 e. The summed E-state index contributed by atoms with van der Waals surface area (Å²) >= 11 is 0. The maximum absolute atomic E-state index is 11.9. The molecule has 96 valence electrons. The van der Waals surface area contributed by atoms with Gasteiger partial charge in [0, 0.05) is 6.42 Å². The molecule has 0 aliphatic carbocycles. The molecule has 0 fully saturated rings. The minimum Gasteiger partial charge on any atom is -0.273 e. The largest absolute Gasteiger partial charge is 0.273 e. The molecule has 3 nitrogen and oxygen atoms in total. The van der Waals surface area contributed by atoms with Crippen LogP contribution in [0.3, 0.4) is 0 Å². The van der Waals surface area contributed by atoms with Gasteiger partial charge in [0.1, 0.15) is 0 Å². The fourth-order valence-corrected chi connectivity index (χ4v) is 1.69. The monoisotopic (exact) mass is 252 g/mol. The van der Waals surface area contributed by atoms with Crippen LogP contribution in [-0.2, 0) is 4.79 Å². The number of para-hydroxylation sites is 1. The van der Waals surface area contributed by atoms with E-state index in [1.807, 2.05) is 60.7 Å². The number of amides is 1. The molecule has 0 aliphatic rings. The van der Waals surface area contributed by atoms with Gasteiger partial charge in [-0.2, -0.15) is 0 Å². The summed E-state index contributed by atoms with van der Waals surface area (Å²) in [5, 5.41) is 1.18. The van der Waals surface area contributed by atoms with E-state index in [1.54, 1.807) is 12.1 Å². The highest BCUT2D eigenvalue weighted by Crippen LogP contribution is 2.11. The van der Waals surface area contributed by atoms with Crippen LogP contribution in [0.1, 0.15) is 12.0 Å². The van der Waals surface area contributed by atoms with Gasteiger partial charge in [-0.15, -0.1) is 0 Å². The Labute approximate surface area is 112 Å². The first-order valence-electron chi connectivity index (χ1n) is 6.11. The second-order valence-corrected chi connectivity index (χ2v) is 4.12. The summed E-state index contributed by atoms with van der Waals surface area (Å²) in [6, 6.07) is 19.0. The quantitative estimate of drug-likeness (QED) is 0.516. The molecule has 0 radical (unpaired) electrons. The van der Waals surface area contributed by atoms with Crippen molar-refractivity contribution < 1.29 is 4.79 Å². The second-order valence-electron chi connectivity index (χ2n) is 4.12. The number of hydrazine groups is 1. The van der Waals surface area contributed by atoms with Crippen molar-refractivity contribution in [1.82, 2.24) is 0 Å². The van der Waals surface area contributed by atoms with Crippen molar-refractivity contribution in [3.63, 3.8) is 0 Å². The summed E-state index contributed by atoms with van der Waals surface area (Å²) < 4.78 is 0. The van der Waals surface area contributed by atoms with Crippen LogP contribution in [0.4, 0.5) is 5.69 Å². The number of anilines is 1. The number of carbonyl (C=O) groups is 1. The van der Waals surface area contributed by atoms with Crippen molar-refractivity contribution >= 4 is 17.7 Å². The highest BCUT2D eigenvalue weighted by molar-refractivity contribution is 5.93. The Bertz CT molecular complexity index is 549. The molecule has 0 bridgehead atoms. The molecule has 19 heavy (non-hydrogen) atoms. The Balaban J connectivity index is 1.93. The van der Waals surface area contributed by atoms with Crippen molar-refractivity contribution in [2.75, 3.05) is 5.01 Å². The zero-order valence-electron chi connectivity index (χ0n) is 10.6. The number of hydrogen-bond donors (Lipinski definition) is 1. The van der Waals surface area contributed by atoms with E-state index in [9.17, 15) is 4.79 Å². The number of nitrogens with zero attached hydrogens (tertiary/aromatic N) is 1. The molecule has 0 saturated heterocycles. The first kappa shape index (κ1) is 13.1. The van der Waals surface area contributed by atoms with Gasteiger partial charge < -0.3 is 0 Å². The molecule has 0 atom stereocenters. The van der Waals surface area contributed by atoms with E-state index in [4.69, 9.17) is 5.84 Å². The van der Waals surface area contributed by atoms with Crippen LogP contribution in [0.15, 0.2) is 66.7 Å². The van der Waals surface area contributed by atoms with E-state index >= 15 is 0 Å². The Kier molecular flexibility index (Phi) is 4.48. The molecule has 2 aromatic carbocycles. The van der Waals surface area contributed by atoms with Gasteiger partial charge in [-0.05, 0) is 17.7 Å². The lowest BCUT2D eigenvalue weighted by Gasteiger charge is -2.15. The van der Waals surface area contributed by atoms with Crippen LogP contribution in [0, 0.1) is 0 Å². The van der Waals surface area contributed by atoms with Gasteiger partial charge in [-0.3, -0.25) is 4.79 Å². The van der Waals surface area contributed by atoms with Gasteiger partial charge in [0.05, 0.1) is 5.69 Å². The molecule has 0 saturated carbocycles. The Hall–Kier alpha value is -2.39. The van der Waals surface area contributed by atoms with E-state index in [-0.39, 0.29) is 12.3 Å². The molecule has 0 heterocycles. The van der Waals surface area contributed by atoms with Crippen molar-refractivity contribution in [3.05, 3.63) is 72.3 Å².